The highest BCUT2D eigenvalue weighted by molar-refractivity contribution is 5.35. The lowest BCUT2D eigenvalue weighted by Gasteiger charge is -2.07. The van der Waals surface area contributed by atoms with E-state index in [-0.39, 0.29) is 6.04 Å². The Balaban J connectivity index is 2.00. The van der Waals surface area contributed by atoms with Crippen LogP contribution in [0.2, 0.25) is 0 Å². The zero-order chi connectivity index (χ0) is 13.7. The Morgan fingerprint density at radius 1 is 1.32 bits per heavy atom. The molecule has 102 valence electrons. The Hall–Kier alpha value is -2.08. The predicted octanol–water partition coefficient (Wildman–Crippen LogP) is 1.97. The first-order valence-electron chi connectivity index (χ1n) is 6.11. The molecule has 1 aromatic carbocycles. The molecular weight excluding hydrogens is 244 g/mol. The number of nitrogens with one attached hydrogen (secondary N) is 2. The van der Waals surface area contributed by atoms with E-state index in [1.54, 1.807) is 7.11 Å². The monoisotopic (exact) mass is 262 g/mol. The molecule has 6 heteroatoms. The number of para-hydroxylation sites is 1. The van der Waals surface area contributed by atoms with Crippen molar-refractivity contribution in [1.29, 1.82) is 0 Å². The minimum Gasteiger partial charge on any atom is -0.496 e. The Morgan fingerprint density at radius 2 is 2.11 bits per heavy atom. The van der Waals surface area contributed by atoms with Gasteiger partial charge in [-0.1, -0.05) is 23.3 Å². The van der Waals surface area contributed by atoms with Crippen LogP contribution in [-0.4, -0.2) is 24.4 Å². The largest absolute Gasteiger partial charge is 0.496 e. The van der Waals surface area contributed by atoms with Crippen molar-refractivity contribution in [1.82, 2.24) is 15.5 Å². The SMILES string of the molecule is CNC(C)c1nnc(NCc2ccccc2OC)o1. The molecule has 6 nitrogen and oxygen atoms in total. The van der Waals surface area contributed by atoms with Crippen molar-refractivity contribution >= 4 is 6.01 Å². The number of nitrogens with zero attached hydrogens (tertiary/aromatic N) is 2. The molecule has 1 aromatic heterocycles. The normalized spacial score (nSPS) is 12.2. The van der Waals surface area contributed by atoms with Crippen molar-refractivity contribution in [2.45, 2.75) is 19.5 Å². The number of methoxy groups -OCH3 is 1. The lowest BCUT2D eigenvalue weighted by molar-refractivity contribution is 0.409. The van der Waals surface area contributed by atoms with Crippen LogP contribution in [0.3, 0.4) is 0 Å². The van der Waals surface area contributed by atoms with E-state index in [4.69, 9.17) is 9.15 Å². The summed E-state index contributed by atoms with van der Waals surface area (Å²) in [5, 5.41) is 14.0. The van der Waals surface area contributed by atoms with Gasteiger partial charge in [0.25, 0.3) is 0 Å². The summed E-state index contributed by atoms with van der Waals surface area (Å²) in [7, 11) is 3.50. The van der Waals surface area contributed by atoms with Crippen LogP contribution in [0.15, 0.2) is 28.7 Å². The maximum absolute atomic E-state index is 5.49. The van der Waals surface area contributed by atoms with E-state index in [1.807, 2.05) is 38.2 Å². The molecule has 2 N–H and O–H groups in total. The molecule has 2 aromatic rings. The zero-order valence-electron chi connectivity index (χ0n) is 11.3. The van der Waals surface area contributed by atoms with Crippen LogP contribution >= 0.6 is 0 Å². The van der Waals surface area contributed by atoms with E-state index >= 15 is 0 Å². The lowest BCUT2D eigenvalue weighted by Crippen LogP contribution is -2.12. The molecule has 0 bridgehead atoms. The molecule has 0 aliphatic heterocycles. The Bertz CT molecular complexity index is 527. The van der Waals surface area contributed by atoms with E-state index in [0.29, 0.717) is 18.5 Å². The van der Waals surface area contributed by atoms with Gasteiger partial charge >= 0.3 is 6.01 Å². The van der Waals surface area contributed by atoms with Crippen LogP contribution < -0.4 is 15.4 Å². The van der Waals surface area contributed by atoms with Crippen molar-refractivity contribution in [2.24, 2.45) is 0 Å². The highest BCUT2D eigenvalue weighted by Gasteiger charge is 2.12. The van der Waals surface area contributed by atoms with Crippen molar-refractivity contribution in [2.75, 3.05) is 19.5 Å². The van der Waals surface area contributed by atoms with Crippen molar-refractivity contribution in [3.63, 3.8) is 0 Å². The minimum atomic E-state index is 0.0364. The van der Waals surface area contributed by atoms with Crippen LogP contribution in [0.5, 0.6) is 5.75 Å². The maximum atomic E-state index is 5.49. The highest BCUT2D eigenvalue weighted by Crippen LogP contribution is 2.19. The Labute approximate surface area is 112 Å². The van der Waals surface area contributed by atoms with E-state index in [9.17, 15) is 0 Å². The van der Waals surface area contributed by atoms with Gasteiger partial charge in [0.05, 0.1) is 13.2 Å². The van der Waals surface area contributed by atoms with Crippen LogP contribution in [0.1, 0.15) is 24.4 Å². The summed E-state index contributed by atoms with van der Waals surface area (Å²) in [6, 6.07) is 8.24. The van der Waals surface area contributed by atoms with Gasteiger partial charge < -0.3 is 19.8 Å². The third-order valence-electron chi connectivity index (χ3n) is 2.87. The van der Waals surface area contributed by atoms with Gasteiger partial charge in [-0.3, -0.25) is 0 Å². The summed E-state index contributed by atoms with van der Waals surface area (Å²) in [4.78, 5) is 0. The fourth-order valence-electron chi connectivity index (χ4n) is 1.62. The number of hydrogen-bond acceptors (Lipinski definition) is 6. The van der Waals surface area contributed by atoms with Crippen molar-refractivity contribution < 1.29 is 9.15 Å². The zero-order valence-corrected chi connectivity index (χ0v) is 11.3. The molecule has 2 rings (SSSR count). The van der Waals surface area contributed by atoms with E-state index in [2.05, 4.69) is 20.8 Å². The highest BCUT2D eigenvalue weighted by atomic mass is 16.5. The van der Waals surface area contributed by atoms with Gasteiger partial charge in [-0.15, -0.1) is 5.10 Å². The van der Waals surface area contributed by atoms with Gasteiger partial charge in [0, 0.05) is 12.1 Å². The van der Waals surface area contributed by atoms with Crippen LogP contribution in [0, 0.1) is 0 Å². The molecule has 0 aliphatic carbocycles. The van der Waals surface area contributed by atoms with Crippen molar-refractivity contribution in [3.8, 4) is 5.75 Å². The number of benzene rings is 1. The Kier molecular flexibility index (Phi) is 4.35. The topological polar surface area (TPSA) is 72.2 Å². The quantitative estimate of drug-likeness (QED) is 0.829. The number of rotatable bonds is 6. The van der Waals surface area contributed by atoms with Gasteiger partial charge in [0.15, 0.2) is 0 Å². The summed E-state index contributed by atoms with van der Waals surface area (Å²) in [5.41, 5.74) is 1.03. The van der Waals surface area contributed by atoms with Gasteiger partial charge in [-0.25, -0.2) is 0 Å². The summed E-state index contributed by atoms with van der Waals surface area (Å²) in [6.45, 7) is 2.52. The number of ether oxygens (including phenoxy) is 1. The standard InChI is InChI=1S/C13H18N4O2/c1-9(14-2)12-16-17-13(19-12)15-8-10-6-4-5-7-11(10)18-3/h4-7,9,14H,8H2,1-3H3,(H,15,17). The molecule has 19 heavy (non-hydrogen) atoms. The maximum Gasteiger partial charge on any atom is 0.315 e. The molecule has 1 unspecified atom stereocenters. The van der Waals surface area contributed by atoms with Gasteiger partial charge in [-0.2, -0.15) is 0 Å². The van der Waals surface area contributed by atoms with Crippen LogP contribution in [0.4, 0.5) is 6.01 Å². The molecule has 0 radical (unpaired) electrons. The van der Waals surface area contributed by atoms with Gasteiger partial charge in [-0.05, 0) is 20.0 Å². The molecule has 0 saturated heterocycles. The van der Waals surface area contributed by atoms with Crippen LogP contribution in [-0.2, 0) is 6.54 Å². The molecule has 0 aliphatic rings. The fraction of sp³-hybridized carbons (Fsp3) is 0.385. The summed E-state index contributed by atoms with van der Waals surface area (Å²) >= 11 is 0. The molecule has 1 atom stereocenters. The van der Waals surface area contributed by atoms with Crippen LogP contribution in [0.25, 0.3) is 0 Å². The molecule has 0 spiro atoms. The number of aromatic nitrogens is 2. The minimum absolute atomic E-state index is 0.0364. The summed E-state index contributed by atoms with van der Waals surface area (Å²) in [6.07, 6.45) is 0. The molecule has 1 heterocycles. The molecule has 0 saturated carbocycles. The summed E-state index contributed by atoms with van der Waals surface area (Å²) in [5.74, 6) is 1.39. The van der Waals surface area contributed by atoms with Crippen molar-refractivity contribution in [3.05, 3.63) is 35.7 Å². The molecule has 0 amide bonds. The van der Waals surface area contributed by atoms with E-state index in [0.717, 1.165) is 11.3 Å². The second-order valence-corrected chi connectivity index (χ2v) is 4.12. The van der Waals surface area contributed by atoms with Gasteiger partial charge in [0.2, 0.25) is 5.89 Å². The number of anilines is 1. The molecular formula is C13H18N4O2. The van der Waals surface area contributed by atoms with E-state index < -0.39 is 0 Å². The average molecular weight is 262 g/mol. The Morgan fingerprint density at radius 3 is 2.84 bits per heavy atom. The predicted molar refractivity (Wildman–Crippen MR) is 72.1 cm³/mol. The van der Waals surface area contributed by atoms with E-state index in [1.165, 1.54) is 0 Å². The second-order valence-electron chi connectivity index (χ2n) is 4.12. The number of hydrogen-bond donors (Lipinski definition) is 2. The first-order chi connectivity index (χ1) is 9.24. The first kappa shape index (κ1) is 13.4. The third kappa shape index (κ3) is 3.23. The fourth-order valence-corrected chi connectivity index (χ4v) is 1.62. The first-order valence-corrected chi connectivity index (χ1v) is 6.11. The average Bonchev–Trinajstić information content (AvgIpc) is 2.93. The summed E-state index contributed by atoms with van der Waals surface area (Å²) < 4.78 is 10.8. The third-order valence-corrected chi connectivity index (χ3v) is 2.87. The lowest BCUT2D eigenvalue weighted by atomic mass is 10.2. The second kappa shape index (κ2) is 6.19. The molecule has 0 fully saturated rings. The smallest absolute Gasteiger partial charge is 0.315 e. The van der Waals surface area contributed by atoms with Gasteiger partial charge in [0.1, 0.15) is 5.75 Å².